The van der Waals surface area contributed by atoms with Gasteiger partial charge in [-0.2, -0.15) is 0 Å². The standard InChI is InChI=1S/C18H20NO3PS/c1-18(2)11-21-23(24)22-17(18)13-8-9-15(20)16(19)14(13)10-12-6-4-3-5-7-12/h3-10,16-17H,11,19H2,1-2H3/p+1. The third-order valence-corrected chi connectivity index (χ3v) is 5.57. The Labute approximate surface area is 148 Å². The summed E-state index contributed by atoms with van der Waals surface area (Å²) in [7, 11) is -1.33. The van der Waals surface area contributed by atoms with Crippen molar-refractivity contribution in [1.29, 1.82) is 0 Å². The Morgan fingerprint density at radius 3 is 2.71 bits per heavy atom. The summed E-state index contributed by atoms with van der Waals surface area (Å²) in [6.45, 7) is 4.70. The smallest absolute Gasteiger partial charge is 0.510 e. The molecule has 3 N–H and O–H groups in total. The third kappa shape index (κ3) is 3.51. The van der Waals surface area contributed by atoms with Gasteiger partial charge in [0.15, 0.2) is 0 Å². The average Bonchev–Trinajstić information content (AvgIpc) is 2.56. The van der Waals surface area contributed by atoms with Gasteiger partial charge in [-0.3, -0.25) is 0 Å². The van der Waals surface area contributed by atoms with Crippen molar-refractivity contribution in [1.82, 2.24) is 0 Å². The number of hydrogen-bond donors (Lipinski definition) is 2. The molecule has 1 aliphatic heterocycles. The molecule has 0 aromatic heterocycles. The Kier molecular flexibility index (Phi) is 5.00. The van der Waals surface area contributed by atoms with Crippen LogP contribution in [0.3, 0.4) is 0 Å². The van der Waals surface area contributed by atoms with E-state index in [9.17, 15) is 5.11 Å². The topological polar surface area (TPSA) is 64.7 Å². The van der Waals surface area contributed by atoms with Crippen LogP contribution in [0.2, 0.25) is 0 Å². The molecule has 1 fully saturated rings. The van der Waals surface area contributed by atoms with E-state index in [-0.39, 0.29) is 17.3 Å². The Balaban J connectivity index is 2.05. The SMILES string of the molecule is CC1(C)CO[P+](=S)OC1C1=CC=C(O)C(N)C1=Cc1ccccc1. The second-order valence-electron chi connectivity index (χ2n) is 6.67. The first kappa shape index (κ1) is 17.5. The Morgan fingerprint density at radius 1 is 1.29 bits per heavy atom. The van der Waals surface area contributed by atoms with Crippen LogP contribution >= 0.6 is 7.15 Å². The van der Waals surface area contributed by atoms with Crippen molar-refractivity contribution in [3.05, 3.63) is 65.0 Å². The predicted octanol–water partition coefficient (Wildman–Crippen LogP) is 3.99. The van der Waals surface area contributed by atoms with E-state index < -0.39 is 13.2 Å². The summed E-state index contributed by atoms with van der Waals surface area (Å²) in [5.74, 6) is 0.145. The third-order valence-electron chi connectivity index (χ3n) is 4.27. The van der Waals surface area contributed by atoms with Crippen LogP contribution in [0, 0.1) is 5.41 Å². The zero-order valence-corrected chi connectivity index (χ0v) is 15.4. The Morgan fingerprint density at radius 2 is 2.00 bits per heavy atom. The molecule has 3 unspecified atom stereocenters. The monoisotopic (exact) mass is 362 g/mol. The van der Waals surface area contributed by atoms with Crippen molar-refractivity contribution in [2.45, 2.75) is 26.0 Å². The molecule has 126 valence electrons. The maximum atomic E-state index is 10.1. The van der Waals surface area contributed by atoms with Crippen molar-refractivity contribution in [3.8, 4) is 0 Å². The van der Waals surface area contributed by atoms with Gasteiger partial charge in [0.05, 0.1) is 6.04 Å². The van der Waals surface area contributed by atoms with E-state index in [1.807, 2.05) is 42.5 Å². The molecule has 0 amide bonds. The molecule has 3 rings (SSSR count). The van der Waals surface area contributed by atoms with Crippen molar-refractivity contribution < 1.29 is 14.2 Å². The second kappa shape index (κ2) is 6.87. The number of aliphatic hydroxyl groups excluding tert-OH is 1. The van der Waals surface area contributed by atoms with Crippen molar-refractivity contribution in [2.24, 2.45) is 11.1 Å². The molecular formula is C18H21NO3PS+. The highest BCUT2D eigenvalue weighted by Crippen LogP contribution is 2.47. The predicted molar refractivity (Wildman–Crippen MR) is 100 cm³/mol. The van der Waals surface area contributed by atoms with E-state index in [0.29, 0.717) is 6.61 Å². The van der Waals surface area contributed by atoms with E-state index in [1.165, 1.54) is 0 Å². The molecule has 1 aromatic carbocycles. The zero-order chi connectivity index (χ0) is 17.3. The molecule has 0 radical (unpaired) electrons. The molecule has 1 heterocycles. The molecule has 1 saturated heterocycles. The molecule has 1 aliphatic carbocycles. The van der Waals surface area contributed by atoms with Gasteiger partial charge < -0.3 is 10.8 Å². The quantitative estimate of drug-likeness (QED) is 0.779. The fraction of sp³-hybridized carbons (Fsp3) is 0.333. The molecular weight excluding hydrogens is 341 g/mol. The molecule has 0 spiro atoms. The molecule has 1 aromatic rings. The van der Waals surface area contributed by atoms with Gasteiger partial charge in [0.25, 0.3) is 0 Å². The van der Waals surface area contributed by atoms with E-state index in [2.05, 4.69) is 13.8 Å². The first-order chi connectivity index (χ1) is 11.4. The largest absolute Gasteiger partial charge is 0.522 e. The molecule has 24 heavy (non-hydrogen) atoms. The minimum atomic E-state index is -1.33. The number of allylic oxidation sites excluding steroid dienone is 2. The fourth-order valence-electron chi connectivity index (χ4n) is 2.89. The van der Waals surface area contributed by atoms with E-state index in [1.54, 1.807) is 6.08 Å². The molecule has 6 heteroatoms. The van der Waals surface area contributed by atoms with Crippen molar-refractivity contribution >= 4 is 25.0 Å². The number of nitrogens with two attached hydrogens (primary N) is 1. The maximum Gasteiger partial charge on any atom is 0.522 e. The lowest BCUT2D eigenvalue weighted by molar-refractivity contribution is 0.0197. The highest BCUT2D eigenvalue weighted by molar-refractivity contribution is 8.00. The highest BCUT2D eigenvalue weighted by atomic mass is 32.4. The van der Waals surface area contributed by atoms with Crippen LogP contribution in [-0.4, -0.2) is 23.9 Å². The van der Waals surface area contributed by atoms with E-state index in [4.69, 9.17) is 26.6 Å². The van der Waals surface area contributed by atoms with Gasteiger partial charge in [-0.15, -0.1) is 9.05 Å². The van der Waals surface area contributed by atoms with Crippen LogP contribution in [0.4, 0.5) is 0 Å². The fourth-order valence-corrected chi connectivity index (χ4v) is 4.37. The molecule has 2 aliphatic rings. The molecule has 4 nitrogen and oxygen atoms in total. The van der Waals surface area contributed by atoms with Gasteiger partial charge in [0.2, 0.25) is 11.8 Å². The van der Waals surface area contributed by atoms with Crippen LogP contribution in [0.5, 0.6) is 0 Å². The van der Waals surface area contributed by atoms with Gasteiger partial charge in [0.1, 0.15) is 18.5 Å². The summed E-state index contributed by atoms with van der Waals surface area (Å²) in [5.41, 5.74) is 8.84. The molecule has 0 bridgehead atoms. The zero-order valence-electron chi connectivity index (χ0n) is 13.7. The minimum absolute atomic E-state index is 0.145. The van der Waals surface area contributed by atoms with E-state index >= 15 is 0 Å². The maximum absolute atomic E-state index is 10.1. The Bertz CT molecular complexity index is 740. The average molecular weight is 362 g/mol. The summed E-state index contributed by atoms with van der Waals surface area (Å²) in [6, 6.07) is 9.33. The van der Waals surface area contributed by atoms with Crippen LogP contribution < -0.4 is 5.73 Å². The van der Waals surface area contributed by atoms with E-state index in [0.717, 1.165) is 16.7 Å². The lowest BCUT2D eigenvalue weighted by Gasteiger charge is -2.36. The summed E-state index contributed by atoms with van der Waals surface area (Å²) in [5, 5.41) is 10.1. The minimum Gasteiger partial charge on any atom is -0.510 e. The van der Waals surface area contributed by atoms with Gasteiger partial charge in [-0.05, 0) is 28.9 Å². The lowest BCUT2D eigenvalue weighted by atomic mass is 9.77. The van der Waals surface area contributed by atoms with Gasteiger partial charge in [-0.25, -0.2) is 0 Å². The van der Waals surface area contributed by atoms with Crippen LogP contribution in [0.25, 0.3) is 6.08 Å². The molecule has 3 atom stereocenters. The number of hydrogen-bond acceptors (Lipinski definition) is 5. The number of benzene rings is 1. The van der Waals surface area contributed by atoms with Gasteiger partial charge in [0, 0.05) is 5.41 Å². The lowest BCUT2D eigenvalue weighted by Crippen LogP contribution is -2.42. The van der Waals surface area contributed by atoms with Crippen molar-refractivity contribution in [3.63, 3.8) is 0 Å². The van der Waals surface area contributed by atoms with Crippen LogP contribution in [0.15, 0.2) is 59.4 Å². The number of aliphatic hydroxyl groups is 1. The summed E-state index contributed by atoms with van der Waals surface area (Å²) in [4.78, 5) is 0. The first-order valence-electron chi connectivity index (χ1n) is 7.79. The van der Waals surface area contributed by atoms with Gasteiger partial charge in [-0.1, -0.05) is 50.3 Å². The normalized spacial score (nSPS) is 30.0. The Hall–Kier alpha value is -1.36. The van der Waals surface area contributed by atoms with Crippen LogP contribution in [-0.2, 0) is 20.9 Å². The molecule has 0 saturated carbocycles. The second-order valence-corrected chi connectivity index (χ2v) is 8.48. The van der Waals surface area contributed by atoms with Gasteiger partial charge >= 0.3 is 7.15 Å². The van der Waals surface area contributed by atoms with Crippen LogP contribution in [0.1, 0.15) is 19.4 Å². The summed E-state index contributed by atoms with van der Waals surface area (Å²) < 4.78 is 11.5. The highest BCUT2D eigenvalue weighted by Gasteiger charge is 2.47. The summed E-state index contributed by atoms with van der Waals surface area (Å²) >= 11 is 5.24. The number of rotatable bonds is 2. The summed E-state index contributed by atoms with van der Waals surface area (Å²) in [6.07, 6.45) is 5.30. The van der Waals surface area contributed by atoms with Crippen molar-refractivity contribution in [2.75, 3.05) is 6.61 Å². The first-order valence-corrected chi connectivity index (χ1v) is 9.98.